The Labute approximate surface area is 126 Å². The van der Waals surface area contributed by atoms with Gasteiger partial charge in [0.2, 0.25) is 5.91 Å². The first kappa shape index (κ1) is 16.1. The largest absolute Gasteiger partial charge is 0.488 e. The molecule has 0 bridgehead atoms. The van der Waals surface area contributed by atoms with Gasteiger partial charge in [-0.15, -0.1) is 0 Å². The fraction of sp³-hybridized carbons (Fsp3) is 0.417. The summed E-state index contributed by atoms with van der Waals surface area (Å²) in [5.74, 6) is -1.21. The van der Waals surface area contributed by atoms with Crippen molar-refractivity contribution in [2.24, 2.45) is 0 Å². The molecule has 1 aliphatic heterocycles. The van der Waals surface area contributed by atoms with E-state index in [9.17, 15) is 21.9 Å². The van der Waals surface area contributed by atoms with Crippen molar-refractivity contribution in [1.82, 2.24) is 15.2 Å². The highest BCUT2D eigenvalue weighted by atomic mass is 32.3. The van der Waals surface area contributed by atoms with Crippen LogP contribution in [0.25, 0.3) is 0 Å². The third-order valence-corrected chi connectivity index (χ3v) is 3.53. The zero-order valence-corrected chi connectivity index (χ0v) is 12.5. The van der Waals surface area contributed by atoms with Gasteiger partial charge in [0.15, 0.2) is 5.75 Å². The molecule has 1 aromatic heterocycles. The zero-order chi connectivity index (χ0) is 16.3. The first-order chi connectivity index (χ1) is 10.3. The molecule has 1 unspecified atom stereocenters. The Kier molecular flexibility index (Phi) is 4.59. The molecule has 1 N–H and O–H groups in total. The maximum atomic E-state index is 12.5. The standard InChI is InChI=1S/C12H14FN3O5S/c1-8-11(17)15-3-2-4-16(8)12(18)9-5-10(7-14-6-9)21-22(13,19)20/h5-8H,2-4H2,1H3,(H,15,17). The lowest BCUT2D eigenvalue weighted by molar-refractivity contribution is -0.124. The van der Waals surface area contributed by atoms with Crippen molar-refractivity contribution in [3.63, 3.8) is 0 Å². The van der Waals surface area contributed by atoms with Crippen LogP contribution < -0.4 is 9.50 Å². The van der Waals surface area contributed by atoms with Crippen LogP contribution in [0.1, 0.15) is 23.7 Å². The van der Waals surface area contributed by atoms with Gasteiger partial charge >= 0.3 is 10.5 Å². The Bertz CT molecular complexity index is 694. The fourth-order valence-electron chi connectivity index (χ4n) is 2.08. The number of carbonyl (C=O) groups excluding carboxylic acids is 2. The average molecular weight is 331 g/mol. The number of nitrogens with one attached hydrogen (secondary N) is 1. The molecule has 120 valence electrons. The molecule has 0 spiro atoms. The molecule has 22 heavy (non-hydrogen) atoms. The Balaban J connectivity index is 2.25. The second kappa shape index (κ2) is 6.26. The maximum Gasteiger partial charge on any atom is 0.488 e. The molecule has 2 rings (SSSR count). The summed E-state index contributed by atoms with van der Waals surface area (Å²) < 4.78 is 37.5. The molecular weight excluding hydrogens is 317 g/mol. The molecule has 1 saturated heterocycles. The number of hydrogen-bond acceptors (Lipinski definition) is 6. The van der Waals surface area contributed by atoms with Crippen molar-refractivity contribution in [1.29, 1.82) is 0 Å². The Hall–Kier alpha value is -2.23. The third kappa shape index (κ3) is 3.91. The van der Waals surface area contributed by atoms with Crippen molar-refractivity contribution in [2.75, 3.05) is 13.1 Å². The number of halogens is 1. The Morgan fingerprint density at radius 2 is 2.23 bits per heavy atom. The number of amides is 2. The molecule has 1 atom stereocenters. The summed E-state index contributed by atoms with van der Waals surface area (Å²) in [4.78, 5) is 29.2. The van der Waals surface area contributed by atoms with E-state index in [1.54, 1.807) is 6.92 Å². The van der Waals surface area contributed by atoms with E-state index in [2.05, 4.69) is 14.5 Å². The molecule has 8 nitrogen and oxygen atoms in total. The molecule has 0 aliphatic carbocycles. The molecule has 10 heteroatoms. The van der Waals surface area contributed by atoms with Gasteiger partial charge in [-0.25, -0.2) is 0 Å². The minimum absolute atomic E-state index is 0.00250. The second-order valence-corrected chi connectivity index (χ2v) is 5.66. The van der Waals surface area contributed by atoms with E-state index in [-0.39, 0.29) is 11.5 Å². The predicted molar refractivity (Wildman–Crippen MR) is 73.0 cm³/mol. The lowest BCUT2D eigenvalue weighted by Crippen LogP contribution is -2.45. The summed E-state index contributed by atoms with van der Waals surface area (Å²) >= 11 is 0. The monoisotopic (exact) mass is 331 g/mol. The molecule has 1 aromatic rings. The first-order valence-corrected chi connectivity index (χ1v) is 7.76. The van der Waals surface area contributed by atoms with Crippen molar-refractivity contribution >= 4 is 22.3 Å². The lowest BCUT2D eigenvalue weighted by atomic mass is 10.2. The maximum absolute atomic E-state index is 12.5. The van der Waals surface area contributed by atoms with Crippen LogP contribution in [-0.4, -0.2) is 49.2 Å². The highest BCUT2D eigenvalue weighted by Gasteiger charge is 2.29. The van der Waals surface area contributed by atoms with Gasteiger partial charge in [-0.3, -0.25) is 14.6 Å². The molecule has 2 heterocycles. The van der Waals surface area contributed by atoms with Crippen molar-refractivity contribution < 1.29 is 26.1 Å². The van der Waals surface area contributed by atoms with Crippen LogP contribution in [0.5, 0.6) is 5.75 Å². The number of hydrogen-bond donors (Lipinski definition) is 1. The summed E-state index contributed by atoms with van der Waals surface area (Å²) in [7, 11) is -5.20. The first-order valence-electron chi connectivity index (χ1n) is 6.46. The van der Waals surface area contributed by atoms with Crippen LogP contribution in [0, 0.1) is 0 Å². The van der Waals surface area contributed by atoms with Gasteiger partial charge in [-0.1, -0.05) is 3.89 Å². The number of pyridine rings is 1. The minimum Gasteiger partial charge on any atom is -0.357 e. The van der Waals surface area contributed by atoms with Gasteiger partial charge in [0.05, 0.1) is 11.8 Å². The minimum atomic E-state index is -5.20. The third-order valence-electron chi connectivity index (χ3n) is 3.14. The summed E-state index contributed by atoms with van der Waals surface area (Å²) in [6.45, 7) is 2.40. The SMILES string of the molecule is CC1C(=O)NCCCN1C(=O)c1cncc(OS(=O)(=O)F)c1. The number of rotatable bonds is 3. The molecule has 0 radical (unpaired) electrons. The van der Waals surface area contributed by atoms with Crippen LogP contribution in [0.15, 0.2) is 18.5 Å². The normalized spacial score (nSPS) is 19.3. The van der Waals surface area contributed by atoms with Gasteiger partial charge in [-0.2, -0.15) is 8.42 Å². The summed E-state index contributed by atoms with van der Waals surface area (Å²) in [6.07, 6.45) is 2.74. The quantitative estimate of drug-likeness (QED) is 0.783. The van der Waals surface area contributed by atoms with Gasteiger partial charge in [0, 0.05) is 19.3 Å². The molecule has 1 fully saturated rings. The van der Waals surface area contributed by atoms with Gasteiger partial charge in [0.25, 0.3) is 5.91 Å². The average Bonchev–Trinajstić information content (AvgIpc) is 2.59. The van der Waals surface area contributed by atoms with Crippen molar-refractivity contribution in [2.45, 2.75) is 19.4 Å². The molecule has 2 amide bonds. The van der Waals surface area contributed by atoms with E-state index in [4.69, 9.17) is 0 Å². The topological polar surface area (TPSA) is 106 Å². The van der Waals surface area contributed by atoms with Gasteiger partial charge in [0.1, 0.15) is 6.04 Å². The number of carbonyl (C=O) groups is 2. The van der Waals surface area contributed by atoms with Crippen LogP contribution in [0.3, 0.4) is 0 Å². The molecule has 0 saturated carbocycles. The summed E-state index contributed by atoms with van der Waals surface area (Å²) in [5.41, 5.74) is 0.00250. The summed E-state index contributed by atoms with van der Waals surface area (Å²) in [6, 6.07) is 0.381. The smallest absolute Gasteiger partial charge is 0.357 e. The Morgan fingerprint density at radius 1 is 1.50 bits per heavy atom. The van der Waals surface area contributed by atoms with E-state index < -0.39 is 28.2 Å². The van der Waals surface area contributed by atoms with Gasteiger partial charge in [-0.05, 0) is 19.4 Å². The van der Waals surface area contributed by atoms with Crippen LogP contribution >= 0.6 is 0 Å². The molecule has 1 aliphatic rings. The van der Waals surface area contributed by atoms with E-state index in [1.165, 1.54) is 11.1 Å². The van der Waals surface area contributed by atoms with Crippen LogP contribution in [0.2, 0.25) is 0 Å². The Morgan fingerprint density at radius 3 is 2.91 bits per heavy atom. The van der Waals surface area contributed by atoms with Crippen LogP contribution in [-0.2, 0) is 15.3 Å². The van der Waals surface area contributed by atoms with Crippen molar-refractivity contribution in [3.8, 4) is 5.75 Å². The van der Waals surface area contributed by atoms with E-state index in [0.717, 1.165) is 12.3 Å². The van der Waals surface area contributed by atoms with Gasteiger partial charge < -0.3 is 14.4 Å². The predicted octanol–water partition coefficient (Wildman–Crippen LogP) is 0.0253. The highest BCUT2D eigenvalue weighted by molar-refractivity contribution is 7.81. The molecular formula is C12H14FN3O5S. The van der Waals surface area contributed by atoms with E-state index in [1.807, 2.05) is 0 Å². The summed E-state index contributed by atoms with van der Waals surface area (Å²) in [5, 5.41) is 2.67. The number of nitrogens with zero attached hydrogens (tertiary/aromatic N) is 2. The van der Waals surface area contributed by atoms with E-state index >= 15 is 0 Å². The fourth-order valence-corrected chi connectivity index (χ4v) is 2.40. The lowest BCUT2D eigenvalue weighted by Gasteiger charge is -2.25. The second-order valence-electron chi connectivity index (χ2n) is 4.70. The number of aromatic nitrogens is 1. The molecule has 0 aromatic carbocycles. The zero-order valence-electron chi connectivity index (χ0n) is 11.7. The van der Waals surface area contributed by atoms with Crippen molar-refractivity contribution in [3.05, 3.63) is 24.0 Å². The van der Waals surface area contributed by atoms with E-state index in [0.29, 0.717) is 19.5 Å². The van der Waals surface area contributed by atoms with Crippen LogP contribution in [0.4, 0.5) is 3.89 Å². The highest BCUT2D eigenvalue weighted by Crippen LogP contribution is 2.17.